The van der Waals surface area contributed by atoms with E-state index < -0.39 is 0 Å². The van der Waals surface area contributed by atoms with Crippen LogP contribution in [0.1, 0.15) is 32.8 Å². The molecule has 1 aromatic carbocycles. The van der Waals surface area contributed by atoms with Gasteiger partial charge >= 0.3 is 0 Å². The van der Waals surface area contributed by atoms with E-state index in [1.807, 2.05) is 41.0 Å². The Morgan fingerprint density at radius 3 is 2.79 bits per heavy atom. The van der Waals surface area contributed by atoms with Gasteiger partial charge < -0.3 is 9.80 Å². The maximum atomic E-state index is 12.8. The van der Waals surface area contributed by atoms with Crippen LogP contribution in [0.4, 0.5) is 0 Å². The highest BCUT2D eigenvalue weighted by Gasteiger charge is 2.25. The molecule has 148 valence electrons. The molecule has 1 aromatic heterocycles. The Morgan fingerprint density at radius 1 is 1.04 bits per heavy atom. The normalized spacial score (nSPS) is 17.9. The van der Waals surface area contributed by atoms with Crippen molar-refractivity contribution in [1.82, 2.24) is 14.7 Å². The van der Waals surface area contributed by atoms with Crippen LogP contribution in [-0.2, 0) is 17.8 Å². The summed E-state index contributed by atoms with van der Waals surface area (Å²) in [5.41, 5.74) is 3.16. The first-order valence-corrected chi connectivity index (χ1v) is 10.9. The van der Waals surface area contributed by atoms with Gasteiger partial charge in [0.25, 0.3) is 5.91 Å². The van der Waals surface area contributed by atoms with E-state index in [-0.39, 0.29) is 11.8 Å². The van der Waals surface area contributed by atoms with Crippen LogP contribution in [0.5, 0.6) is 0 Å². The van der Waals surface area contributed by atoms with Gasteiger partial charge in [-0.25, -0.2) is 0 Å². The molecule has 1 fully saturated rings. The molecule has 3 heterocycles. The Morgan fingerprint density at radius 2 is 1.93 bits per heavy atom. The predicted octanol–water partition coefficient (Wildman–Crippen LogP) is 2.79. The molecule has 2 aliphatic rings. The highest BCUT2D eigenvalue weighted by molar-refractivity contribution is 7.10. The molecule has 2 aliphatic heterocycles. The zero-order valence-electron chi connectivity index (χ0n) is 16.4. The fourth-order valence-electron chi connectivity index (χ4n) is 4.05. The molecule has 0 unspecified atom stereocenters. The van der Waals surface area contributed by atoms with Crippen LogP contribution in [-0.4, -0.2) is 65.8 Å². The highest BCUT2D eigenvalue weighted by atomic mass is 32.1. The molecule has 6 heteroatoms. The minimum absolute atomic E-state index is 0.0953. The first-order valence-electron chi connectivity index (χ1n) is 10.0. The van der Waals surface area contributed by atoms with E-state index in [9.17, 15) is 9.59 Å². The lowest BCUT2D eigenvalue weighted by Gasteiger charge is -2.29. The van der Waals surface area contributed by atoms with Gasteiger partial charge in [-0.2, -0.15) is 0 Å². The van der Waals surface area contributed by atoms with Crippen molar-refractivity contribution < 1.29 is 9.59 Å². The topological polar surface area (TPSA) is 43.9 Å². The van der Waals surface area contributed by atoms with Crippen LogP contribution in [0.2, 0.25) is 0 Å². The number of fused-ring (bicyclic) bond motifs is 1. The van der Waals surface area contributed by atoms with Crippen LogP contribution in [0.15, 0.2) is 35.7 Å². The number of benzene rings is 1. The lowest BCUT2D eigenvalue weighted by molar-refractivity contribution is -0.133. The van der Waals surface area contributed by atoms with Crippen LogP contribution < -0.4 is 0 Å². The third kappa shape index (κ3) is 4.28. The average Bonchev–Trinajstić information content (AvgIpc) is 3.05. The number of carbonyl (C=O) groups is 2. The third-order valence-corrected chi connectivity index (χ3v) is 6.68. The second-order valence-corrected chi connectivity index (χ2v) is 8.73. The summed E-state index contributed by atoms with van der Waals surface area (Å²) in [4.78, 5) is 33.1. The second-order valence-electron chi connectivity index (χ2n) is 7.73. The molecule has 0 bridgehead atoms. The highest BCUT2D eigenvalue weighted by Crippen LogP contribution is 2.24. The van der Waals surface area contributed by atoms with Gasteiger partial charge in [-0.05, 0) is 48.9 Å². The molecule has 0 aliphatic carbocycles. The van der Waals surface area contributed by atoms with Crippen LogP contribution in [0.3, 0.4) is 0 Å². The molecule has 2 aromatic rings. The molecule has 0 radical (unpaired) electrons. The smallest absolute Gasteiger partial charge is 0.253 e. The Hall–Kier alpha value is -2.18. The summed E-state index contributed by atoms with van der Waals surface area (Å²) < 4.78 is 0. The summed E-state index contributed by atoms with van der Waals surface area (Å²) in [7, 11) is 0. The summed E-state index contributed by atoms with van der Waals surface area (Å²) in [6.45, 7) is 7.05. The largest absolute Gasteiger partial charge is 0.337 e. The summed E-state index contributed by atoms with van der Waals surface area (Å²) in [6.07, 6.45) is 1.87. The molecule has 0 saturated carbocycles. The molecule has 0 N–H and O–H groups in total. The molecular formula is C22H27N3O2S. The van der Waals surface area contributed by atoms with E-state index in [1.54, 1.807) is 11.3 Å². The van der Waals surface area contributed by atoms with Crippen molar-refractivity contribution in [3.8, 4) is 0 Å². The number of aryl methyl sites for hydroxylation is 1. The van der Waals surface area contributed by atoms with Gasteiger partial charge in [-0.1, -0.05) is 17.7 Å². The molecule has 1 saturated heterocycles. The lowest BCUT2D eigenvalue weighted by Crippen LogP contribution is -2.43. The van der Waals surface area contributed by atoms with Crippen LogP contribution in [0, 0.1) is 6.92 Å². The molecule has 4 rings (SSSR count). The summed E-state index contributed by atoms with van der Waals surface area (Å²) in [5.74, 6) is 0.299. The van der Waals surface area contributed by atoms with Crippen molar-refractivity contribution in [3.63, 3.8) is 0 Å². The lowest BCUT2D eigenvalue weighted by atomic mass is 10.1. The monoisotopic (exact) mass is 397 g/mol. The first-order chi connectivity index (χ1) is 13.6. The predicted molar refractivity (Wildman–Crippen MR) is 112 cm³/mol. The molecular weight excluding hydrogens is 370 g/mol. The Labute approximate surface area is 170 Å². The average molecular weight is 398 g/mol. The van der Waals surface area contributed by atoms with E-state index in [0.717, 1.165) is 56.7 Å². The van der Waals surface area contributed by atoms with E-state index in [2.05, 4.69) is 16.3 Å². The standard InChI is InChI=1S/C22H27N3O2S/c1-17-4-2-5-18(14-17)22(27)24-9-3-8-23(11-12-24)16-21(26)25-10-6-20-19(15-25)7-13-28-20/h2,4-5,7,13-14H,3,6,8-12,15-16H2,1H3. The van der Waals surface area contributed by atoms with Crippen molar-refractivity contribution in [1.29, 1.82) is 0 Å². The zero-order valence-corrected chi connectivity index (χ0v) is 17.2. The van der Waals surface area contributed by atoms with Crippen molar-refractivity contribution in [2.24, 2.45) is 0 Å². The maximum absolute atomic E-state index is 12.8. The number of thiophene rings is 1. The number of rotatable bonds is 3. The SMILES string of the molecule is Cc1cccc(C(=O)N2CCCN(CC(=O)N3CCc4sccc4C3)CC2)c1. The first kappa shape index (κ1) is 19.2. The quantitative estimate of drug-likeness (QED) is 0.800. The van der Waals surface area contributed by atoms with Crippen molar-refractivity contribution in [2.75, 3.05) is 39.3 Å². The van der Waals surface area contributed by atoms with Gasteiger partial charge in [0, 0.05) is 49.7 Å². The number of nitrogens with zero attached hydrogens (tertiary/aromatic N) is 3. The van der Waals surface area contributed by atoms with E-state index in [1.165, 1.54) is 10.4 Å². The van der Waals surface area contributed by atoms with Crippen LogP contribution in [0.25, 0.3) is 0 Å². The molecule has 0 spiro atoms. The minimum Gasteiger partial charge on any atom is -0.337 e. The van der Waals surface area contributed by atoms with Gasteiger partial charge in [0.05, 0.1) is 6.54 Å². The Kier molecular flexibility index (Phi) is 5.78. The Bertz CT molecular complexity index is 863. The van der Waals surface area contributed by atoms with E-state index in [0.29, 0.717) is 13.1 Å². The molecule has 0 atom stereocenters. The summed E-state index contributed by atoms with van der Waals surface area (Å²) in [6, 6.07) is 9.91. The molecule has 2 amide bonds. The minimum atomic E-state index is 0.0953. The zero-order chi connectivity index (χ0) is 19.5. The van der Waals surface area contributed by atoms with Gasteiger partial charge in [0.15, 0.2) is 0 Å². The van der Waals surface area contributed by atoms with Gasteiger partial charge in [0.1, 0.15) is 0 Å². The maximum Gasteiger partial charge on any atom is 0.253 e. The van der Waals surface area contributed by atoms with Gasteiger partial charge in [-0.3, -0.25) is 14.5 Å². The van der Waals surface area contributed by atoms with Crippen molar-refractivity contribution in [2.45, 2.75) is 26.3 Å². The van der Waals surface area contributed by atoms with Crippen LogP contribution >= 0.6 is 11.3 Å². The number of amides is 2. The van der Waals surface area contributed by atoms with Gasteiger partial charge in [-0.15, -0.1) is 11.3 Å². The Balaban J connectivity index is 1.32. The third-order valence-electron chi connectivity index (χ3n) is 5.66. The molecule has 28 heavy (non-hydrogen) atoms. The number of hydrogen-bond donors (Lipinski definition) is 0. The fraction of sp³-hybridized carbons (Fsp3) is 0.455. The number of hydrogen-bond acceptors (Lipinski definition) is 4. The van der Waals surface area contributed by atoms with Crippen molar-refractivity contribution in [3.05, 3.63) is 57.3 Å². The number of carbonyl (C=O) groups excluding carboxylic acids is 2. The van der Waals surface area contributed by atoms with E-state index >= 15 is 0 Å². The molecule has 5 nitrogen and oxygen atoms in total. The van der Waals surface area contributed by atoms with E-state index in [4.69, 9.17) is 0 Å². The van der Waals surface area contributed by atoms with Gasteiger partial charge in [0.2, 0.25) is 5.91 Å². The summed E-state index contributed by atoms with van der Waals surface area (Å²) >= 11 is 1.79. The fourth-order valence-corrected chi connectivity index (χ4v) is 4.94. The van der Waals surface area contributed by atoms with Crippen molar-refractivity contribution >= 4 is 23.2 Å². The second kappa shape index (κ2) is 8.45. The summed E-state index contributed by atoms with van der Waals surface area (Å²) in [5, 5.41) is 2.12.